The summed E-state index contributed by atoms with van der Waals surface area (Å²) in [6.45, 7) is 1.07. The first-order chi connectivity index (χ1) is 11.5. The Labute approximate surface area is 141 Å². The van der Waals surface area contributed by atoms with Gasteiger partial charge < -0.3 is 14.8 Å². The zero-order valence-electron chi connectivity index (χ0n) is 13.4. The molecule has 2 fully saturated rings. The van der Waals surface area contributed by atoms with E-state index in [2.05, 4.69) is 5.32 Å². The van der Waals surface area contributed by atoms with Crippen molar-refractivity contribution in [3.05, 3.63) is 23.8 Å². The van der Waals surface area contributed by atoms with E-state index >= 15 is 0 Å². The molecule has 1 saturated heterocycles. The lowest BCUT2D eigenvalue weighted by Crippen LogP contribution is -2.35. The Morgan fingerprint density at radius 3 is 2.54 bits per heavy atom. The van der Waals surface area contributed by atoms with E-state index < -0.39 is 15.8 Å². The maximum Gasteiger partial charge on any atom is 0.224 e. The summed E-state index contributed by atoms with van der Waals surface area (Å²) in [6, 6.07) is 5.69. The minimum absolute atomic E-state index is 0.0304. The number of nitrogens with one attached hydrogen (secondary N) is 1. The molecule has 4 rings (SSSR count). The number of carbonyl (C=O) groups excluding carboxylic acids is 1. The van der Waals surface area contributed by atoms with Crippen LogP contribution in [0.4, 0.5) is 0 Å². The van der Waals surface area contributed by atoms with Crippen LogP contribution in [-0.2, 0) is 14.6 Å². The number of hydrogen-bond acceptors (Lipinski definition) is 5. The van der Waals surface area contributed by atoms with Gasteiger partial charge in [-0.1, -0.05) is 6.07 Å². The molecule has 1 aromatic carbocycles. The number of carbonyl (C=O) groups is 1. The third kappa shape index (κ3) is 3.22. The monoisotopic (exact) mass is 351 g/mol. The molecule has 2 atom stereocenters. The Morgan fingerprint density at radius 2 is 1.88 bits per heavy atom. The molecule has 0 radical (unpaired) electrons. The number of sulfone groups is 1. The molecule has 0 spiro atoms. The Hall–Kier alpha value is -1.76. The highest BCUT2D eigenvalue weighted by Gasteiger charge is 2.38. The largest absolute Gasteiger partial charge is 0.486 e. The minimum atomic E-state index is -3.05. The molecule has 1 aliphatic carbocycles. The van der Waals surface area contributed by atoms with Crippen molar-refractivity contribution >= 4 is 15.7 Å². The van der Waals surface area contributed by atoms with Crippen LogP contribution in [-0.4, -0.2) is 39.0 Å². The van der Waals surface area contributed by atoms with E-state index in [4.69, 9.17) is 9.47 Å². The number of benzene rings is 1. The highest BCUT2D eigenvalue weighted by molar-refractivity contribution is 7.91. The van der Waals surface area contributed by atoms with Crippen LogP contribution in [0.15, 0.2) is 18.2 Å². The first-order valence-corrected chi connectivity index (χ1v) is 10.2. The van der Waals surface area contributed by atoms with Crippen molar-refractivity contribution in [2.24, 2.45) is 11.8 Å². The van der Waals surface area contributed by atoms with Gasteiger partial charge in [-0.15, -0.1) is 0 Å². The van der Waals surface area contributed by atoms with E-state index in [9.17, 15) is 13.2 Å². The average molecular weight is 351 g/mol. The van der Waals surface area contributed by atoms with E-state index in [-0.39, 0.29) is 23.5 Å². The molecule has 1 amide bonds. The van der Waals surface area contributed by atoms with Crippen LogP contribution in [0.2, 0.25) is 0 Å². The zero-order chi connectivity index (χ0) is 16.7. The fraction of sp³-hybridized carbons (Fsp3) is 0.588. The van der Waals surface area contributed by atoms with Crippen LogP contribution < -0.4 is 14.8 Å². The number of rotatable bonds is 4. The van der Waals surface area contributed by atoms with Crippen molar-refractivity contribution in [2.45, 2.75) is 25.3 Å². The topological polar surface area (TPSA) is 81.7 Å². The van der Waals surface area contributed by atoms with Gasteiger partial charge in [-0.2, -0.15) is 0 Å². The summed E-state index contributed by atoms with van der Waals surface area (Å²) < 4.78 is 34.4. The molecular weight excluding hydrogens is 330 g/mol. The molecule has 2 aliphatic heterocycles. The summed E-state index contributed by atoms with van der Waals surface area (Å²) in [4.78, 5) is 12.5. The molecule has 0 aromatic heterocycles. The van der Waals surface area contributed by atoms with Gasteiger partial charge in [0.15, 0.2) is 21.3 Å². The summed E-state index contributed by atoms with van der Waals surface area (Å²) >= 11 is 0. The second-order valence-corrected chi connectivity index (χ2v) is 9.06. The van der Waals surface area contributed by atoms with Crippen LogP contribution >= 0.6 is 0 Å². The van der Waals surface area contributed by atoms with Crippen molar-refractivity contribution in [1.82, 2.24) is 5.32 Å². The van der Waals surface area contributed by atoms with Crippen molar-refractivity contribution in [1.29, 1.82) is 0 Å². The lowest BCUT2D eigenvalue weighted by atomic mass is 10.00. The fourth-order valence-corrected chi connectivity index (χ4v) is 5.17. The zero-order valence-corrected chi connectivity index (χ0v) is 14.2. The predicted octanol–water partition coefficient (Wildman–Crippen LogP) is 1.46. The molecule has 1 saturated carbocycles. The highest BCUT2D eigenvalue weighted by Crippen LogP contribution is 2.43. The standard InChI is InChI=1S/C17H21NO5S/c19-17(13-5-8-24(20,21)10-13)18-16(11-1-2-11)12-3-4-14-15(9-12)23-7-6-22-14/h3-4,9,11,13,16H,1-2,5-8,10H2,(H,18,19). The molecule has 7 heteroatoms. The number of ether oxygens (including phenoxy) is 2. The summed E-state index contributed by atoms with van der Waals surface area (Å²) in [7, 11) is -3.05. The van der Waals surface area contributed by atoms with Crippen molar-refractivity contribution in [3.8, 4) is 11.5 Å². The van der Waals surface area contributed by atoms with Gasteiger partial charge in [0, 0.05) is 0 Å². The Balaban J connectivity index is 1.52. The van der Waals surface area contributed by atoms with Crippen molar-refractivity contribution in [3.63, 3.8) is 0 Å². The molecule has 6 nitrogen and oxygen atoms in total. The van der Waals surface area contributed by atoms with Crippen LogP contribution in [0, 0.1) is 11.8 Å². The quantitative estimate of drug-likeness (QED) is 0.888. The molecule has 1 N–H and O–H groups in total. The van der Waals surface area contributed by atoms with Crippen molar-refractivity contribution < 1.29 is 22.7 Å². The number of fused-ring (bicyclic) bond motifs is 1. The minimum Gasteiger partial charge on any atom is -0.486 e. The summed E-state index contributed by atoms with van der Waals surface area (Å²) in [5, 5.41) is 3.08. The van der Waals surface area contributed by atoms with Gasteiger partial charge in [-0.25, -0.2) is 8.42 Å². The Kier molecular flexibility index (Phi) is 3.90. The van der Waals surface area contributed by atoms with E-state index in [0.29, 0.717) is 31.3 Å². The summed E-state index contributed by atoms with van der Waals surface area (Å²) in [5.74, 6) is 1.36. The van der Waals surface area contributed by atoms with E-state index in [0.717, 1.165) is 24.2 Å². The lowest BCUT2D eigenvalue weighted by molar-refractivity contribution is -0.125. The smallest absolute Gasteiger partial charge is 0.224 e. The van der Waals surface area contributed by atoms with Gasteiger partial charge in [0.05, 0.1) is 23.5 Å². The van der Waals surface area contributed by atoms with E-state index in [1.54, 1.807) is 0 Å². The normalized spacial score (nSPS) is 25.9. The lowest BCUT2D eigenvalue weighted by Gasteiger charge is -2.24. The first-order valence-electron chi connectivity index (χ1n) is 8.42. The van der Waals surface area contributed by atoms with E-state index in [1.807, 2.05) is 18.2 Å². The van der Waals surface area contributed by atoms with Crippen LogP contribution in [0.25, 0.3) is 0 Å². The van der Waals surface area contributed by atoms with Gasteiger partial charge in [-0.05, 0) is 42.9 Å². The van der Waals surface area contributed by atoms with Crippen LogP contribution in [0.1, 0.15) is 30.9 Å². The fourth-order valence-electron chi connectivity index (χ4n) is 3.43. The first kappa shape index (κ1) is 15.7. The summed E-state index contributed by atoms with van der Waals surface area (Å²) in [5.41, 5.74) is 0.996. The predicted molar refractivity (Wildman–Crippen MR) is 87.8 cm³/mol. The van der Waals surface area contributed by atoms with Gasteiger partial charge in [0.2, 0.25) is 5.91 Å². The van der Waals surface area contributed by atoms with Gasteiger partial charge in [-0.3, -0.25) is 4.79 Å². The third-order valence-corrected chi connectivity index (χ3v) is 6.69. The Morgan fingerprint density at radius 1 is 1.12 bits per heavy atom. The second-order valence-electron chi connectivity index (χ2n) is 6.83. The molecule has 3 aliphatic rings. The van der Waals surface area contributed by atoms with Crippen LogP contribution in [0.3, 0.4) is 0 Å². The van der Waals surface area contributed by atoms with Gasteiger partial charge in [0.25, 0.3) is 0 Å². The molecule has 2 unspecified atom stereocenters. The van der Waals surface area contributed by atoms with Gasteiger partial charge >= 0.3 is 0 Å². The maximum atomic E-state index is 12.5. The molecule has 1 aromatic rings. The number of amides is 1. The number of hydrogen-bond donors (Lipinski definition) is 1. The second kappa shape index (κ2) is 5.95. The third-order valence-electron chi connectivity index (χ3n) is 4.92. The van der Waals surface area contributed by atoms with Crippen molar-refractivity contribution in [2.75, 3.05) is 24.7 Å². The molecule has 130 valence electrons. The molecular formula is C17H21NO5S. The van der Waals surface area contributed by atoms with Gasteiger partial charge in [0.1, 0.15) is 13.2 Å². The SMILES string of the molecule is O=C(NC(c1ccc2c(c1)OCCO2)C1CC1)C1CCS(=O)(=O)C1. The molecule has 24 heavy (non-hydrogen) atoms. The molecule has 2 heterocycles. The average Bonchev–Trinajstić information content (AvgIpc) is 3.34. The molecule has 0 bridgehead atoms. The van der Waals surface area contributed by atoms with E-state index in [1.165, 1.54) is 0 Å². The Bertz CT molecular complexity index is 756. The van der Waals surface area contributed by atoms with Crippen LogP contribution in [0.5, 0.6) is 11.5 Å². The maximum absolute atomic E-state index is 12.5. The highest BCUT2D eigenvalue weighted by atomic mass is 32.2. The summed E-state index contributed by atoms with van der Waals surface area (Å²) in [6.07, 6.45) is 2.57.